The Kier molecular flexibility index (Phi) is 11.3. The monoisotopic (exact) mass is 787 g/mol. The van der Waals surface area contributed by atoms with E-state index in [1.807, 2.05) is 0 Å². The predicted molar refractivity (Wildman–Crippen MR) is 201 cm³/mol. The molecule has 0 fully saturated rings. The molecule has 3 aromatic rings. The van der Waals surface area contributed by atoms with Crippen LogP contribution in [0.5, 0.6) is 17.2 Å². The van der Waals surface area contributed by atoms with Gasteiger partial charge in [0.1, 0.15) is 34.5 Å². The Hall–Kier alpha value is -6.40. The summed E-state index contributed by atoms with van der Waals surface area (Å²) in [5.74, 6) is 0.0693. The number of hydrogen-bond acceptors (Lipinski definition) is 10. The lowest BCUT2D eigenvalue weighted by molar-refractivity contribution is -0.139. The van der Waals surface area contributed by atoms with E-state index in [0.29, 0.717) is 52.8 Å². The van der Waals surface area contributed by atoms with Gasteiger partial charge in [-0.1, -0.05) is 12.1 Å². The van der Waals surface area contributed by atoms with Gasteiger partial charge in [-0.2, -0.15) is 13.2 Å². The van der Waals surface area contributed by atoms with Crippen LogP contribution in [-0.2, 0) is 32.6 Å². The molecule has 0 bridgehead atoms. The molecule has 0 aromatic heterocycles. The molecule has 2 atom stereocenters. The molecule has 0 saturated carbocycles. The van der Waals surface area contributed by atoms with Crippen LogP contribution in [0.4, 0.5) is 18.9 Å². The third-order valence-corrected chi connectivity index (χ3v) is 9.70. The number of terminal acetylenes is 1. The molecule has 57 heavy (non-hydrogen) atoms. The lowest BCUT2D eigenvalue weighted by atomic mass is 9.73. The van der Waals surface area contributed by atoms with Gasteiger partial charge in [-0.3, -0.25) is 9.59 Å². The number of nitrogens with one attached hydrogen (secondary N) is 2. The number of aromatic hydroxyl groups is 1. The number of aliphatic hydroxyl groups excluding tert-OH is 1. The summed E-state index contributed by atoms with van der Waals surface area (Å²) in [5, 5.41) is 36.1. The van der Waals surface area contributed by atoms with E-state index < -0.39 is 52.0 Å². The molecule has 2 unspecified atom stereocenters. The Labute approximate surface area is 325 Å². The summed E-state index contributed by atoms with van der Waals surface area (Å²) < 4.78 is 58.8. The van der Waals surface area contributed by atoms with Crippen molar-refractivity contribution in [3.63, 3.8) is 0 Å². The van der Waals surface area contributed by atoms with Gasteiger partial charge in [-0.25, -0.2) is 4.79 Å². The third kappa shape index (κ3) is 8.56. The summed E-state index contributed by atoms with van der Waals surface area (Å²) in [5.41, 5.74) is 3.94. The number of nitrogens with two attached hydrogens (primary N) is 1. The molecule has 12 nitrogen and oxygen atoms in total. The quantitative estimate of drug-likeness (QED) is 0.0366. The first kappa shape index (κ1) is 40.3. The van der Waals surface area contributed by atoms with Gasteiger partial charge in [0.05, 0.1) is 23.3 Å². The molecule has 0 radical (unpaired) electrons. The highest BCUT2D eigenvalue weighted by Gasteiger charge is 2.56. The first-order valence-electron chi connectivity index (χ1n) is 18.1. The van der Waals surface area contributed by atoms with Gasteiger partial charge in [-0.05, 0) is 80.6 Å². The first-order chi connectivity index (χ1) is 27.0. The number of ether oxygens (including phenoxy) is 3. The second-order valence-corrected chi connectivity index (χ2v) is 14.1. The standard InChI is InChI=1S/C42H40F3N3O9/c1-3-4-8-32(50)37(46)38(52)48-25-11-14-30(42(43,44)45)33(20-25)55-18-7-5-6-9-36(51)47-23-24-10-13-27-31(19-24)41(57-39(27)53)28-15-12-26(49)21-34(28)56-35-22-40(2,54)17-16-29(35)41/h1,10-16,19-22,49-50,54H,4-9,17-18,23,46H2,2H3,(H,47,51)(H,48,52)/b37-32+. The second-order valence-electron chi connectivity index (χ2n) is 14.1. The van der Waals surface area contributed by atoms with Gasteiger partial charge >= 0.3 is 12.1 Å². The van der Waals surface area contributed by atoms with Crippen molar-refractivity contribution < 1.29 is 57.1 Å². The summed E-state index contributed by atoms with van der Waals surface area (Å²) in [6.07, 6.45) is 5.38. The molecule has 15 heteroatoms. The molecule has 3 aliphatic rings. The molecule has 1 spiro atoms. The molecular weight excluding hydrogens is 747 g/mol. The number of carbonyl (C=O) groups is 3. The minimum Gasteiger partial charge on any atom is -0.510 e. The Morgan fingerprint density at radius 3 is 2.60 bits per heavy atom. The number of unbranched alkanes of at least 4 members (excludes halogenated alkanes) is 2. The van der Waals surface area contributed by atoms with E-state index >= 15 is 0 Å². The predicted octanol–water partition coefficient (Wildman–Crippen LogP) is 6.52. The largest absolute Gasteiger partial charge is 0.510 e. The highest BCUT2D eigenvalue weighted by molar-refractivity contribution is 6.03. The molecule has 3 aromatic carbocycles. The number of aliphatic hydroxyl groups is 2. The number of allylic oxidation sites excluding steroid dienone is 1. The lowest BCUT2D eigenvalue weighted by Crippen LogP contribution is -2.39. The van der Waals surface area contributed by atoms with Crippen LogP contribution in [0.15, 0.2) is 89.5 Å². The Morgan fingerprint density at radius 1 is 1.05 bits per heavy atom. The van der Waals surface area contributed by atoms with Crippen LogP contribution < -0.4 is 25.8 Å². The van der Waals surface area contributed by atoms with Gasteiger partial charge < -0.3 is 45.9 Å². The van der Waals surface area contributed by atoms with Crippen molar-refractivity contribution in [3.8, 4) is 29.6 Å². The van der Waals surface area contributed by atoms with Crippen LogP contribution >= 0.6 is 0 Å². The molecule has 1 aliphatic carbocycles. The summed E-state index contributed by atoms with van der Waals surface area (Å²) in [6, 6.07) is 12.4. The SMILES string of the molecule is C#CCC/C(O)=C(\N)C(=O)Nc1ccc(C(F)(F)F)c(OCCCCCC(=O)NCc2ccc3c(c2)C2(OC3=O)C3=CCC(C)(O)C=C3Oc3cc(O)ccc32)c1. The van der Waals surface area contributed by atoms with Crippen molar-refractivity contribution in [1.82, 2.24) is 5.32 Å². The topological polar surface area (TPSA) is 190 Å². The minimum atomic E-state index is -4.74. The zero-order chi connectivity index (χ0) is 41.1. The number of hydrogen-bond donors (Lipinski definition) is 6. The highest BCUT2D eigenvalue weighted by atomic mass is 19.4. The lowest BCUT2D eigenvalue weighted by Gasteiger charge is -2.41. The molecule has 298 valence electrons. The fraction of sp³-hybridized carbons (Fsp3) is 0.310. The number of amides is 2. The van der Waals surface area contributed by atoms with Crippen molar-refractivity contribution in [2.75, 3.05) is 11.9 Å². The fourth-order valence-corrected chi connectivity index (χ4v) is 6.84. The Morgan fingerprint density at radius 2 is 1.84 bits per heavy atom. The summed E-state index contributed by atoms with van der Waals surface area (Å²) in [4.78, 5) is 38.5. The van der Waals surface area contributed by atoms with Crippen LogP contribution in [0.2, 0.25) is 0 Å². The summed E-state index contributed by atoms with van der Waals surface area (Å²) >= 11 is 0. The third-order valence-electron chi connectivity index (χ3n) is 9.70. The highest BCUT2D eigenvalue weighted by Crippen LogP contribution is 2.57. The number of phenolic OH excluding ortho intramolecular Hbond substituents is 1. The first-order valence-corrected chi connectivity index (χ1v) is 18.1. The van der Waals surface area contributed by atoms with Crippen LogP contribution in [-0.4, -0.2) is 45.3 Å². The average Bonchev–Trinajstić information content (AvgIpc) is 3.44. The van der Waals surface area contributed by atoms with E-state index in [0.717, 1.165) is 18.2 Å². The number of alkyl halides is 3. The second kappa shape index (κ2) is 16.0. The van der Waals surface area contributed by atoms with Gasteiger partial charge in [0.15, 0.2) is 5.60 Å². The van der Waals surface area contributed by atoms with Crippen molar-refractivity contribution in [2.24, 2.45) is 5.73 Å². The maximum Gasteiger partial charge on any atom is 0.419 e. The van der Waals surface area contributed by atoms with Gasteiger partial charge in [0.2, 0.25) is 5.91 Å². The van der Waals surface area contributed by atoms with Crippen molar-refractivity contribution in [1.29, 1.82) is 0 Å². The molecule has 0 saturated heterocycles. The summed E-state index contributed by atoms with van der Waals surface area (Å²) in [7, 11) is 0. The molecule has 2 heterocycles. The number of carbonyl (C=O) groups excluding carboxylic acids is 3. The minimum absolute atomic E-state index is 0.0372. The van der Waals surface area contributed by atoms with E-state index in [-0.39, 0.29) is 61.9 Å². The van der Waals surface area contributed by atoms with E-state index in [1.165, 1.54) is 12.1 Å². The van der Waals surface area contributed by atoms with Gasteiger partial charge in [0, 0.05) is 60.3 Å². The number of esters is 1. The van der Waals surface area contributed by atoms with Crippen molar-refractivity contribution in [2.45, 2.75) is 75.8 Å². The number of phenols is 1. The molecule has 2 amide bonds. The smallest absolute Gasteiger partial charge is 0.419 e. The van der Waals surface area contributed by atoms with Crippen LogP contribution in [0, 0.1) is 12.3 Å². The molecule has 2 aliphatic heterocycles. The van der Waals surface area contributed by atoms with Crippen LogP contribution in [0.1, 0.15) is 84.5 Å². The average molecular weight is 788 g/mol. The number of fused-ring (bicyclic) bond motifs is 6. The van der Waals surface area contributed by atoms with Crippen molar-refractivity contribution >= 4 is 23.5 Å². The Balaban J connectivity index is 1.05. The van der Waals surface area contributed by atoms with E-state index in [4.69, 9.17) is 26.4 Å². The molecule has 6 rings (SSSR count). The van der Waals surface area contributed by atoms with E-state index in [1.54, 1.807) is 43.3 Å². The van der Waals surface area contributed by atoms with E-state index in [9.17, 15) is 42.9 Å². The molecular formula is C42H40F3N3O9. The van der Waals surface area contributed by atoms with Crippen LogP contribution in [0.25, 0.3) is 0 Å². The normalized spacial score (nSPS) is 19.7. The number of anilines is 1. The molecule has 7 N–H and O–H groups in total. The van der Waals surface area contributed by atoms with Crippen LogP contribution in [0.3, 0.4) is 0 Å². The van der Waals surface area contributed by atoms with E-state index in [2.05, 4.69) is 16.6 Å². The fourth-order valence-electron chi connectivity index (χ4n) is 6.84. The maximum absolute atomic E-state index is 13.7. The maximum atomic E-state index is 13.7. The zero-order valence-electron chi connectivity index (χ0n) is 30.8. The number of benzene rings is 3. The van der Waals surface area contributed by atoms with Crippen molar-refractivity contribution in [3.05, 3.63) is 117 Å². The van der Waals surface area contributed by atoms with Gasteiger partial charge in [-0.15, -0.1) is 12.3 Å². The summed E-state index contributed by atoms with van der Waals surface area (Å²) in [6.45, 7) is 1.64. The number of rotatable bonds is 13. The van der Waals surface area contributed by atoms with Gasteiger partial charge in [0.25, 0.3) is 5.91 Å². The number of halogens is 3. The zero-order valence-corrected chi connectivity index (χ0v) is 30.8. The Bertz CT molecular complexity index is 2250.